The van der Waals surface area contributed by atoms with Crippen molar-refractivity contribution in [2.24, 2.45) is 17.8 Å². The summed E-state index contributed by atoms with van der Waals surface area (Å²) in [4.78, 5) is 0. The molecule has 1 nitrogen and oxygen atoms in total. The second-order valence-electron chi connectivity index (χ2n) is 5.89. The Morgan fingerprint density at radius 1 is 1.16 bits per heavy atom. The molecule has 1 N–H and O–H groups in total. The topological polar surface area (TPSA) is 20.2 Å². The van der Waals surface area contributed by atoms with E-state index in [0.29, 0.717) is 17.4 Å². The van der Waals surface area contributed by atoms with Crippen LogP contribution in [0, 0.1) is 29.4 Å². The molecule has 2 rings (SSSR count). The molecule has 1 aliphatic carbocycles. The lowest BCUT2D eigenvalue weighted by Gasteiger charge is -2.34. The van der Waals surface area contributed by atoms with Gasteiger partial charge in [-0.05, 0) is 64.6 Å². The Balaban J connectivity index is 2.24. The molecule has 0 radical (unpaired) electrons. The summed E-state index contributed by atoms with van der Waals surface area (Å²) in [6.45, 7) is 4.35. The van der Waals surface area contributed by atoms with Gasteiger partial charge in [-0.3, -0.25) is 0 Å². The van der Waals surface area contributed by atoms with Crippen molar-refractivity contribution in [1.82, 2.24) is 0 Å². The normalized spacial score (nSPS) is 29.3. The Morgan fingerprint density at radius 2 is 1.74 bits per heavy atom. The van der Waals surface area contributed by atoms with E-state index in [1.807, 2.05) is 0 Å². The first-order chi connectivity index (χ1) is 8.90. The second kappa shape index (κ2) is 5.88. The first-order valence-corrected chi connectivity index (χ1v) is 7.51. The van der Waals surface area contributed by atoms with Gasteiger partial charge in [0, 0.05) is 0 Å². The van der Waals surface area contributed by atoms with E-state index in [-0.39, 0.29) is 10.4 Å². The lowest BCUT2D eigenvalue weighted by Crippen LogP contribution is -2.25. The van der Waals surface area contributed by atoms with E-state index in [4.69, 9.17) is 0 Å². The summed E-state index contributed by atoms with van der Waals surface area (Å²) < 4.78 is 26.7. The highest BCUT2D eigenvalue weighted by molar-refractivity contribution is 9.10. The molecule has 1 aromatic rings. The summed E-state index contributed by atoms with van der Waals surface area (Å²) in [5.41, 5.74) is 0.449. The Bertz CT molecular complexity index is 454. The van der Waals surface area contributed by atoms with Crippen molar-refractivity contribution in [1.29, 1.82) is 0 Å². The van der Waals surface area contributed by atoms with Crippen LogP contribution in [0.15, 0.2) is 16.6 Å². The van der Waals surface area contributed by atoms with Gasteiger partial charge >= 0.3 is 0 Å². The van der Waals surface area contributed by atoms with Crippen LogP contribution in [0.4, 0.5) is 8.78 Å². The van der Waals surface area contributed by atoms with Crippen molar-refractivity contribution < 1.29 is 13.9 Å². The third-order valence-corrected chi connectivity index (χ3v) is 4.85. The lowest BCUT2D eigenvalue weighted by molar-refractivity contribution is 0.0543. The highest BCUT2D eigenvalue weighted by atomic mass is 79.9. The molecule has 106 valence electrons. The van der Waals surface area contributed by atoms with Crippen molar-refractivity contribution in [3.63, 3.8) is 0 Å². The molecule has 0 saturated heterocycles. The number of halogens is 3. The predicted octanol–water partition coefficient (Wildman–Crippen LogP) is 4.83. The van der Waals surface area contributed by atoms with Crippen LogP contribution in [0.5, 0.6) is 0 Å². The zero-order valence-corrected chi connectivity index (χ0v) is 12.8. The minimum Gasteiger partial charge on any atom is -0.388 e. The summed E-state index contributed by atoms with van der Waals surface area (Å²) in [5.74, 6) is -0.582. The number of benzene rings is 1. The molecule has 0 heterocycles. The van der Waals surface area contributed by atoms with Crippen LogP contribution in [-0.4, -0.2) is 5.11 Å². The molecule has 1 aromatic carbocycles. The molecule has 0 bridgehead atoms. The highest BCUT2D eigenvalue weighted by Gasteiger charge is 2.31. The van der Waals surface area contributed by atoms with Crippen molar-refractivity contribution in [2.75, 3.05) is 0 Å². The van der Waals surface area contributed by atoms with E-state index in [2.05, 4.69) is 29.8 Å². The minimum atomic E-state index is -0.923. The molecule has 0 spiro atoms. The van der Waals surface area contributed by atoms with Crippen molar-refractivity contribution in [3.8, 4) is 0 Å². The molecule has 4 heteroatoms. The van der Waals surface area contributed by atoms with Crippen molar-refractivity contribution in [2.45, 2.75) is 39.2 Å². The van der Waals surface area contributed by atoms with Crippen LogP contribution < -0.4 is 0 Å². The summed E-state index contributed by atoms with van der Waals surface area (Å²) in [6, 6.07) is 2.55. The maximum atomic E-state index is 13.5. The molecule has 0 aliphatic heterocycles. The van der Waals surface area contributed by atoms with E-state index in [1.54, 1.807) is 0 Å². The van der Waals surface area contributed by atoms with Gasteiger partial charge in [0.05, 0.1) is 10.6 Å². The van der Waals surface area contributed by atoms with E-state index >= 15 is 0 Å². The number of aliphatic hydroxyl groups excluding tert-OH is 1. The SMILES string of the molecule is CC1CC(C)CC(C(O)c2ccc(F)c(F)c2Br)C1. The van der Waals surface area contributed by atoms with Gasteiger partial charge in [-0.2, -0.15) is 0 Å². The fourth-order valence-corrected chi connectivity index (χ4v) is 3.85. The van der Waals surface area contributed by atoms with Crippen LogP contribution in [0.1, 0.15) is 44.8 Å². The second-order valence-corrected chi connectivity index (χ2v) is 6.68. The number of aliphatic hydroxyl groups is 1. The average Bonchev–Trinajstić information content (AvgIpc) is 2.34. The van der Waals surface area contributed by atoms with Crippen molar-refractivity contribution in [3.05, 3.63) is 33.8 Å². The van der Waals surface area contributed by atoms with E-state index in [1.165, 1.54) is 12.5 Å². The predicted molar refractivity (Wildman–Crippen MR) is 74.7 cm³/mol. The zero-order chi connectivity index (χ0) is 14.2. The van der Waals surface area contributed by atoms with E-state index in [9.17, 15) is 13.9 Å². The quantitative estimate of drug-likeness (QED) is 0.769. The first kappa shape index (κ1) is 14.9. The maximum absolute atomic E-state index is 13.5. The number of hydrogen-bond donors (Lipinski definition) is 1. The van der Waals surface area contributed by atoms with E-state index in [0.717, 1.165) is 18.9 Å². The largest absolute Gasteiger partial charge is 0.388 e. The molecule has 0 amide bonds. The van der Waals surface area contributed by atoms with Crippen molar-refractivity contribution >= 4 is 15.9 Å². The Morgan fingerprint density at radius 3 is 2.32 bits per heavy atom. The third-order valence-electron chi connectivity index (χ3n) is 4.05. The first-order valence-electron chi connectivity index (χ1n) is 6.71. The van der Waals surface area contributed by atoms with Gasteiger partial charge in [0.2, 0.25) is 0 Å². The minimum absolute atomic E-state index is 0.0471. The van der Waals surface area contributed by atoms with Crippen LogP contribution >= 0.6 is 15.9 Å². The summed E-state index contributed by atoms with van der Waals surface area (Å²) in [6.07, 6.45) is 2.28. The Labute approximate surface area is 121 Å². The maximum Gasteiger partial charge on any atom is 0.173 e. The van der Waals surface area contributed by atoms with Gasteiger partial charge in [-0.15, -0.1) is 0 Å². The van der Waals surface area contributed by atoms with Crippen LogP contribution in [-0.2, 0) is 0 Å². The zero-order valence-electron chi connectivity index (χ0n) is 11.2. The fraction of sp³-hybridized carbons (Fsp3) is 0.600. The van der Waals surface area contributed by atoms with Gasteiger partial charge in [0.25, 0.3) is 0 Å². The smallest absolute Gasteiger partial charge is 0.173 e. The van der Waals surface area contributed by atoms with Crippen LogP contribution in [0.3, 0.4) is 0 Å². The molecule has 1 fully saturated rings. The summed E-state index contributed by atoms with van der Waals surface area (Å²) in [5, 5.41) is 10.5. The third kappa shape index (κ3) is 3.16. The average molecular weight is 333 g/mol. The van der Waals surface area contributed by atoms with Gasteiger partial charge < -0.3 is 5.11 Å². The monoisotopic (exact) mass is 332 g/mol. The number of hydrogen-bond acceptors (Lipinski definition) is 1. The number of rotatable bonds is 2. The molecular formula is C15H19BrF2O. The van der Waals surface area contributed by atoms with Gasteiger partial charge in [-0.1, -0.05) is 19.9 Å². The standard InChI is InChI=1S/C15H19BrF2O/c1-8-5-9(2)7-10(6-8)15(19)11-3-4-12(17)14(18)13(11)16/h3-4,8-10,15,19H,5-7H2,1-2H3. The lowest BCUT2D eigenvalue weighted by atomic mass is 9.73. The summed E-state index contributed by atoms with van der Waals surface area (Å²) in [7, 11) is 0. The van der Waals surface area contributed by atoms with Crippen LogP contribution in [0.25, 0.3) is 0 Å². The molecule has 0 aromatic heterocycles. The summed E-state index contributed by atoms with van der Waals surface area (Å²) >= 11 is 3.05. The van der Waals surface area contributed by atoms with E-state index < -0.39 is 17.7 Å². The van der Waals surface area contributed by atoms with Gasteiger partial charge in [-0.25, -0.2) is 8.78 Å². The van der Waals surface area contributed by atoms with Crippen LogP contribution in [0.2, 0.25) is 0 Å². The Hall–Kier alpha value is -0.480. The fourth-order valence-electron chi connectivity index (χ4n) is 3.29. The molecule has 3 unspecified atom stereocenters. The highest BCUT2D eigenvalue weighted by Crippen LogP contribution is 2.41. The molecule has 1 aliphatic rings. The van der Waals surface area contributed by atoms with Gasteiger partial charge in [0.1, 0.15) is 0 Å². The molecular weight excluding hydrogens is 314 g/mol. The van der Waals surface area contributed by atoms with Gasteiger partial charge in [0.15, 0.2) is 11.6 Å². The molecule has 3 atom stereocenters. The Kier molecular flexibility index (Phi) is 4.62. The molecule has 1 saturated carbocycles. The molecule has 19 heavy (non-hydrogen) atoms.